The number of esters is 1. The SMILES string of the molecule is CCOC(=O)c1ccc(CNC(=O)NCCc2cccc(F)c2)cc1. The maximum atomic E-state index is 13.1. The number of hydrogen-bond acceptors (Lipinski definition) is 3. The summed E-state index contributed by atoms with van der Waals surface area (Å²) in [7, 11) is 0. The molecule has 0 aliphatic carbocycles. The van der Waals surface area contributed by atoms with Crippen molar-refractivity contribution < 1.29 is 18.7 Å². The summed E-state index contributed by atoms with van der Waals surface area (Å²) in [5.74, 6) is -0.648. The molecule has 0 aromatic heterocycles. The Hall–Kier alpha value is -2.89. The first kappa shape index (κ1) is 18.4. The Morgan fingerprint density at radius 3 is 2.48 bits per heavy atom. The van der Waals surface area contributed by atoms with Crippen molar-refractivity contribution in [3.05, 3.63) is 71.0 Å². The number of amides is 2. The number of urea groups is 1. The maximum absolute atomic E-state index is 13.1. The van der Waals surface area contributed by atoms with E-state index >= 15 is 0 Å². The third-order valence-electron chi connectivity index (χ3n) is 3.51. The molecule has 0 aliphatic rings. The fraction of sp³-hybridized carbons (Fsp3) is 0.263. The van der Waals surface area contributed by atoms with Gasteiger partial charge in [0.15, 0.2) is 0 Å². The molecule has 0 bridgehead atoms. The Morgan fingerprint density at radius 1 is 1.04 bits per heavy atom. The molecular formula is C19H21FN2O3. The molecule has 0 radical (unpaired) electrons. The predicted molar refractivity (Wildman–Crippen MR) is 92.7 cm³/mol. The first-order chi connectivity index (χ1) is 12.1. The summed E-state index contributed by atoms with van der Waals surface area (Å²) in [6.07, 6.45) is 0.555. The van der Waals surface area contributed by atoms with E-state index < -0.39 is 0 Å². The average molecular weight is 344 g/mol. The van der Waals surface area contributed by atoms with Gasteiger partial charge in [-0.05, 0) is 48.7 Å². The molecule has 5 nitrogen and oxygen atoms in total. The van der Waals surface area contributed by atoms with Gasteiger partial charge in [-0.2, -0.15) is 0 Å². The van der Waals surface area contributed by atoms with Gasteiger partial charge in [-0.25, -0.2) is 14.0 Å². The first-order valence-electron chi connectivity index (χ1n) is 8.10. The van der Waals surface area contributed by atoms with E-state index in [2.05, 4.69) is 10.6 Å². The zero-order chi connectivity index (χ0) is 18.1. The van der Waals surface area contributed by atoms with E-state index in [0.29, 0.717) is 31.7 Å². The Morgan fingerprint density at radius 2 is 1.80 bits per heavy atom. The van der Waals surface area contributed by atoms with Crippen LogP contribution in [-0.4, -0.2) is 25.2 Å². The van der Waals surface area contributed by atoms with Crippen LogP contribution in [0.1, 0.15) is 28.4 Å². The quantitative estimate of drug-likeness (QED) is 0.759. The van der Waals surface area contributed by atoms with Crippen LogP contribution in [0.25, 0.3) is 0 Å². The summed E-state index contributed by atoms with van der Waals surface area (Å²) in [6.45, 7) is 2.84. The highest BCUT2D eigenvalue weighted by atomic mass is 19.1. The van der Waals surface area contributed by atoms with Crippen molar-refractivity contribution in [3.8, 4) is 0 Å². The molecule has 0 atom stereocenters. The Bertz CT molecular complexity index is 717. The third kappa shape index (κ3) is 6.25. The van der Waals surface area contributed by atoms with Crippen LogP contribution < -0.4 is 10.6 Å². The van der Waals surface area contributed by atoms with Crippen LogP contribution in [0, 0.1) is 5.82 Å². The molecule has 0 saturated heterocycles. The average Bonchev–Trinajstić information content (AvgIpc) is 2.61. The van der Waals surface area contributed by atoms with Gasteiger partial charge >= 0.3 is 12.0 Å². The van der Waals surface area contributed by atoms with Crippen LogP contribution >= 0.6 is 0 Å². The molecule has 0 spiro atoms. The molecule has 132 valence electrons. The van der Waals surface area contributed by atoms with Gasteiger partial charge < -0.3 is 15.4 Å². The lowest BCUT2D eigenvalue weighted by Gasteiger charge is -2.08. The van der Waals surface area contributed by atoms with Crippen molar-refractivity contribution in [1.29, 1.82) is 0 Å². The minimum atomic E-state index is -0.364. The number of carbonyl (C=O) groups excluding carboxylic acids is 2. The maximum Gasteiger partial charge on any atom is 0.338 e. The Balaban J connectivity index is 1.71. The van der Waals surface area contributed by atoms with Crippen LogP contribution in [0.15, 0.2) is 48.5 Å². The highest BCUT2D eigenvalue weighted by Gasteiger charge is 2.06. The second-order valence-electron chi connectivity index (χ2n) is 5.41. The van der Waals surface area contributed by atoms with Gasteiger partial charge in [0.25, 0.3) is 0 Å². The molecule has 2 rings (SSSR count). The molecule has 25 heavy (non-hydrogen) atoms. The Labute approximate surface area is 146 Å². The predicted octanol–water partition coefficient (Wildman–Crippen LogP) is 3.04. The molecule has 0 saturated carbocycles. The molecule has 6 heteroatoms. The standard InChI is InChI=1S/C19H21FN2O3/c1-2-25-18(23)16-8-6-15(7-9-16)13-22-19(24)21-11-10-14-4-3-5-17(20)12-14/h3-9,12H,2,10-11,13H2,1H3,(H2,21,22,24). The molecular weight excluding hydrogens is 323 g/mol. The van der Waals surface area contributed by atoms with Crippen molar-refractivity contribution in [3.63, 3.8) is 0 Å². The van der Waals surface area contributed by atoms with E-state index in [1.165, 1.54) is 12.1 Å². The molecule has 2 N–H and O–H groups in total. The largest absolute Gasteiger partial charge is 0.462 e. The minimum absolute atomic E-state index is 0.284. The lowest BCUT2D eigenvalue weighted by atomic mass is 10.1. The van der Waals surface area contributed by atoms with Crippen molar-refractivity contribution in [2.24, 2.45) is 0 Å². The van der Waals surface area contributed by atoms with Crippen LogP contribution in [0.4, 0.5) is 9.18 Å². The zero-order valence-corrected chi connectivity index (χ0v) is 14.0. The Kier molecular flexibility index (Phi) is 6.95. The summed E-state index contributed by atoms with van der Waals surface area (Å²) in [4.78, 5) is 23.3. The van der Waals surface area contributed by atoms with E-state index in [9.17, 15) is 14.0 Å². The minimum Gasteiger partial charge on any atom is -0.462 e. The van der Waals surface area contributed by atoms with Gasteiger partial charge in [0, 0.05) is 13.1 Å². The van der Waals surface area contributed by atoms with Gasteiger partial charge in [-0.3, -0.25) is 0 Å². The number of rotatable bonds is 7. The molecule has 0 unspecified atom stereocenters. The second-order valence-corrected chi connectivity index (χ2v) is 5.41. The van der Waals surface area contributed by atoms with Gasteiger partial charge in [0.05, 0.1) is 12.2 Å². The molecule has 0 fully saturated rings. The van der Waals surface area contributed by atoms with Gasteiger partial charge in [-0.1, -0.05) is 24.3 Å². The van der Waals surface area contributed by atoms with E-state index in [-0.39, 0.29) is 17.8 Å². The first-order valence-corrected chi connectivity index (χ1v) is 8.10. The normalized spacial score (nSPS) is 10.2. The second kappa shape index (κ2) is 9.42. The molecule has 2 aromatic rings. The van der Waals surface area contributed by atoms with E-state index in [4.69, 9.17) is 4.74 Å². The van der Waals surface area contributed by atoms with Crippen LogP contribution in [0.5, 0.6) is 0 Å². The zero-order valence-electron chi connectivity index (χ0n) is 14.0. The number of carbonyl (C=O) groups is 2. The van der Waals surface area contributed by atoms with Crippen molar-refractivity contribution in [2.75, 3.05) is 13.2 Å². The smallest absolute Gasteiger partial charge is 0.338 e. The van der Waals surface area contributed by atoms with Crippen molar-refractivity contribution >= 4 is 12.0 Å². The summed E-state index contributed by atoms with van der Waals surface area (Å²) >= 11 is 0. The van der Waals surface area contributed by atoms with Crippen molar-refractivity contribution in [1.82, 2.24) is 10.6 Å². The molecule has 2 aromatic carbocycles. The fourth-order valence-corrected chi connectivity index (χ4v) is 2.23. The number of hydrogen-bond donors (Lipinski definition) is 2. The molecule has 2 amide bonds. The lowest BCUT2D eigenvalue weighted by molar-refractivity contribution is 0.0526. The number of ether oxygens (including phenoxy) is 1. The van der Waals surface area contributed by atoms with Crippen LogP contribution in [0.2, 0.25) is 0 Å². The van der Waals surface area contributed by atoms with Gasteiger partial charge in [-0.15, -0.1) is 0 Å². The van der Waals surface area contributed by atoms with Crippen LogP contribution in [-0.2, 0) is 17.7 Å². The van der Waals surface area contributed by atoms with E-state index in [0.717, 1.165) is 11.1 Å². The van der Waals surface area contributed by atoms with Gasteiger partial charge in [0.2, 0.25) is 0 Å². The third-order valence-corrected chi connectivity index (χ3v) is 3.51. The van der Waals surface area contributed by atoms with Crippen molar-refractivity contribution in [2.45, 2.75) is 19.9 Å². The summed E-state index contributed by atoms with van der Waals surface area (Å²) in [5.41, 5.74) is 2.17. The summed E-state index contributed by atoms with van der Waals surface area (Å²) in [5, 5.41) is 5.45. The number of nitrogens with one attached hydrogen (secondary N) is 2. The molecule has 0 aliphatic heterocycles. The highest BCUT2D eigenvalue weighted by molar-refractivity contribution is 5.89. The highest BCUT2D eigenvalue weighted by Crippen LogP contribution is 2.06. The number of halogens is 1. The topological polar surface area (TPSA) is 67.4 Å². The summed E-state index contributed by atoms with van der Waals surface area (Å²) in [6, 6.07) is 12.8. The number of benzene rings is 2. The lowest BCUT2D eigenvalue weighted by Crippen LogP contribution is -2.36. The van der Waals surface area contributed by atoms with E-state index in [1.54, 1.807) is 37.3 Å². The van der Waals surface area contributed by atoms with Gasteiger partial charge in [0.1, 0.15) is 5.82 Å². The summed E-state index contributed by atoms with van der Waals surface area (Å²) < 4.78 is 18.0. The fourth-order valence-electron chi connectivity index (χ4n) is 2.23. The van der Waals surface area contributed by atoms with Crippen LogP contribution in [0.3, 0.4) is 0 Å². The molecule has 0 heterocycles. The van der Waals surface area contributed by atoms with E-state index in [1.807, 2.05) is 6.07 Å². The monoisotopic (exact) mass is 344 g/mol.